The van der Waals surface area contributed by atoms with Crippen molar-refractivity contribution in [1.29, 1.82) is 0 Å². The zero-order valence-electron chi connectivity index (χ0n) is 29.5. The summed E-state index contributed by atoms with van der Waals surface area (Å²) in [6.07, 6.45) is 10.9. The highest BCUT2D eigenvalue weighted by molar-refractivity contribution is 7.80. The summed E-state index contributed by atoms with van der Waals surface area (Å²) in [6.45, 7) is 21.8. The van der Waals surface area contributed by atoms with Crippen molar-refractivity contribution in [1.82, 2.24) is 20.8 Å². The van der Waals surface area contributed by atoms with Gasteiger partial charge < -0.3 is 24.0 Å². The molecule has 0 aromatic rings. The third-order valence-corrected chi connectivity index (χ3v) is 8.35. The fourth-order valence-corrected chi connectivity index (χ4v) is 5.98. The third-order valence-electron chi connectivity index (χ3n) is 8.01. The lowest BCUT2D eigenvalue weighted by atomic mass is 10.0. The van der Waals surface area contributed by atoms with Gasteiger partial charge in [0.25, 0.3) is 5.91 Å². The van der Waals surface area contributed by atoms with Crippen LogP contribution in [0, 0.1) is 0 Å². The lowest BCUT2D eigenvalue weighted by Gasteiger charge is -2.39. The molecule has 0 spiro atoms. The number of fused-ring (bicyclic) bond motifs is 2. The van der Waals surface area contributed by atoms with Gasteiger partial charge >= 0.3 is 12.1 Å². The lowest BCUT2D eigenvalue weighted by molar-refractivity contribution is -0.929. The van der Waals surface area contributed by atoms with E-state index in [-0.39, 0.29) is 26.0 Å². The Labute approximate surface area is 277 Å². The smallest absolute Gasteiger partial charge is 0.407 e. The number of carbonyl (C=O) groups excluding carboxylic acids is 3. The van der Waals surface area contributed by atoms with Gasteiger partial charge in [0.1, 0.15) is 11.6 Å². The van der Waals surface area contributed by atoms with Crippen molar-refractivity contribution in [2.75, 3.05) is 39.3 Å². The van der Waals surface area contributed by atoms with Gasteiger partial charge in [-0.05, 0) is 66.2 Å². The van der Waals surface area contributed by atoms with Gasteiger partial charge in [0.2, 0.25) is 10.4 Å². The normalized spacial score (nSPS) is 18.9. The van der Waals surface area contributed by atoms with Gasteiger partial charge in [0.15, 0.2) is 0 Å². The fraction of sp³-hybridized carbons (Fsp3) is 0.903. The third kappa shape index (κ3) is 15.6. The molecule has 2 rings (SSSR count). The number of hydrogen-bond acceptors (Lipinski definition) is 9. The first-order valence-corrected chi connectivity index (χ1v) is 18.4. The van der Waals surface area contributed by atoms with Gasteiger partial charge in [-0.3, -0.25) is 9.63 Å². The van der Waals surface area contributed by atoms with E-state index in [1.807, 2.05) is 0 Å². The summed E-state index contributed by atoms with van der Waals surface area (Å²) in [6, 6.07) is -2.89. The Kier molecular flexibility index (Phi) is 18.4. The molecule has 46 heavy (non-hydrogen) atoms. The molecule has 2 N–H and O–H groups in total. The monoisotopic (exact) mass is 679 g/mol. The van der Waals surface area contributed by atoms with Gasteiger partial charge in [0, 0.05) is 6.54 Å². The summed E-state index contributed by atoms with van der Waals surface area (Å²) < 4.78 is 43.0. The minimum Gasteiger partial charge on any atom is -0.724 e. The van der Waals surface area contributed by atoms with E-state index in [0.717, 1.165) is 4.90 Å². The van der Waals surface area contributed by atoms with E-state index in [0.29, 0.717) is 5.06 Å². The van der Waals surface area contributed by atoms with Crippen LogP contribution in [0.15, 0.2) is 0 Å². The van der Waals surface area contributed by atoms with Crippen molar-refractivity contribution in [3.05, 3.63) is 0 Å². The molecule has 2 aliphatic heterocycles. The number of unbranched alkanes of at least 4 members (excludes halogenated alkanes) is 4. The lowest BCUT2D eigenvalue weighted by Crippen LogP contribution is -2.50. The largest absolute Gasteiger partial charge is 0.724 e. The molecule has 270 valence electrons. The first-order chi connectivity index (χ1) is 21.5. The molecule has 0 aliphatic carbocycles. The Morgan fingerprint density at radius 3 is 1.89 bits per heavy atom. The highest BCUT2D eigenvalue weighted by atomic mass is 32.3. The minimum absolute atomic E-state index is 0.0447. The van der Waals surface area contributed by atoms with Crippen molar-refractivity contribution < 1.29 is 45.7 Å². The van der Waals surface area contributed by atoms with Gasteiger partial charge in [0.05, 0.1) is 44.9 Å². The average Bonchev–Trinajstić information content (AvgIpc) is 3.19. The number of piperidine rings is 1. The first-order valence-electron chi connectivity index (χ1n) is 17.0. The van der Waals surface area contributed by atoms with Crippen LogP contribution in [0.2, 0.25) is 0 Å². The molecular formula is C31H61N5O9S. The average molecular weight is 680 g/mol. The summed E-state index contributed by atoms with van der Waals surface area (Å²) in [5, 5.41) is 3.03. The Morgan fingerprint density at radius 1 is 0.957 bits per heavy atom. The maximum absolute atomic E-state index is 12.3. The van der Waals surface area contributed by atoms with Crippen LogP contribution < -0.4 is 10.8 Å². The molecule has 0 unspecified atom stereocenters. The van der Waals surface area contributed by atoms with Crippen molar-refractivity contribution in [2.45, 2.75) is 143 Å². The molecular weight excluding hydrogens is 618 g/mol. The van der Waals surface area contributed by atoms with Crippen molar-refractivity contribution in [3.8, 4) is 0 Å². The second-order valence-corrected chi connectivity index (χ2v) is 14.4. The molecule has 14 nitrogen and oxygen atoms in total. The molecule has 2 bridgehead atoms. The molecule has 3 atom stereocenters. The molecule has 2 fully saturated rings. The molecule has 15 heteroatoms. The van der Waals surface area contributed by atoms with Gasteiger partial charge in [-0.2, -0.15) is 9.35 Å². The van der Waals surface area contributed by atoms with Crippen LogP contribution >= 0.6 is 0 Å². The second kappa shape index (κ2) is 20.2. The van der Waals surface area contributed by atoms with Gasteiger partial charge in [-0.15, -0.1) is 0 Å². The van der Waals surface area contributed by atoms with Crippen LogP contribution in [0.25, 0.3) is 0 Å². The summed E-state index contributed by atoms with van der Waals surface area (Å²) in [7, 11) is -5.10. The molecule has 2 aliphatic rings. The number of rotatable bonds is 19. The van der Waals surface area contributed by atoms with Crippen LogP contribution in [0.3, 0.4) is 0 Å². The van der Waals surface area contributed by atoms with E-state index in [1.165, 1.54) is 82.0 Å². The number of carbonyl (C=O) groups is 3. The van der Waals surface area contributed by atoms with E-state index in [9.17, 15) is 27.4 Å². The molecule has 0 aromatic carbocycles. The van der Waals surface area contributed by atoms with Crippen molar-refractivity contribution >= 4 is 28.4 Å². The number of alkyl carbamates (subject to hydrolysis) is 1. The topological polar surface area (TPSA) is 167 Å². The van der Waals surface area contributed by atoms with Crippen LogP contribution in [-0.4, -0.2) is 109 Å². The summed E-state index contributed by atoms with van der Waals surface area (Å²) >= 11 is 0. The molecule has 0 radical (unpaired) electrons. The van der Waals surface area contributed by atoms with E-state index < -0.39 is 52.2 Å². The number of amides is 4. The Balaban J connectivity index is 0.000000533. The highest BCUT2D eigenvalue weighted by Crippen LogP contribution is 2.30. The molecule has 4 amide bonds. The fourth-order valence-electron chi connectivity index (χ4n) is 5.60. The van der Waals surface area contributed by atoms with E-state index in [2.05, 4.69) is 42.8 Å². The standard InChI is InChI=1S/C16H36N.C15H26N4O9S/c1-5-9-13-17(14-10-6-2,15-11-7-3)16-12-8-4;1-9(16-13(21)27-15(2,3)4)8-26-17-12(20)11-6-5-10-7-18(11)14(22)19(10)28-29(23,24)25/h5-16H2,1-4H3;9-11H,5-8H2,1-4H3,(H,16,21)(H,17,20)(H,23,24,25)/q+1;/p-1/t;9-,10-,11+/m.1/s1. The van der Waals surface area contributed by atoms with Crippen molar-refractivity contribution in [2.24, 2.45) is 0 Å². The van der Waals surface area contributed by atoms with Crippen molar-refractivity contribution in [3.63, 3.8) is 0 Å². The number of urea groups is 1. The predicted molar refractivity (Wildman–Crippen MR) is 174 cm³/mol. The molecule has 2 saturated heterocycles. The maximum atomic E-state index is 12.3. The van der Waals surface area contributed by atoms with E-state index in [1.54, 1.807) is 27.7 Å². The first kappa shape index (κ1) is 41.8. The number of quaternary nitrogens is 1. The Morgan fingerprint density at radius 2 is 1.46 bits per heavy atom. The SMILES string of the molecule is CCCC[N+](CCCC)(CCCC)CCCC.C[C@H](CONC(=O)[C@@H]1CC[C@@H]2CN1C(=O)N2OS(=O)(=O)[O-])NC(=O)OC(C)(C)C. The highest BCUT2D eigenvalue weighted by Gasteiger charge is 2.48. The van der Waals surface area contributed by atoms with Gasteiger partial charge in [-0.25, -0.2) is 23.5 Å². The number of ether oxygens (including phenoxy) is 1. The molecule has 0 saturated carbocycles. The zero-order chi connectivity index (χ0) is 35.0. The molecule has 0 aromatic heterocycles. The summed E-state index contributed by atoms with van der Waals surface area (Å²) in [5.41, 5.74) is 1.56. The second-order valence-electron chi connectivity index (χ2n) is 13.5. The van der Waals surface area contributed by atoms with Crippen LogP contribution in [-0.2, 0) is 29.1 Å². The van der Waals surface area contributed by atoms with Gasteiger partial charge in [-0.1, -0.05) is 53.4 Å². The van der Waals surface area contributed by atoms with E-state index >= 15 is 0 Å². The number of nitrogens with one attached hydrogen (secondary N) is 2. The Hall–Kier alpha value is -2.20. The van der Waals surface area contributed by atoms with Crippen LogP contribution in [0.4, 0.5) is 9.59 Å². The Bertz CT molecular complexity index is 1000. The predicted octanol–water partition coefficient (Wildman–Crippen LogP) is 4.61. The summed E-state index contributed by atoms with van der Waals surface area (Å²) in [4.78, 5) is 42.4. The molecule has 2 heterocycles. The number of hydrogen-bond donors (Lipinski definition) is 2. The van der Waals surface area contributed by atoms with Crippen LogP contribution in [0.1, 0.15) is 120 Å². The number of nitrogens with zero attached hydrogens (tertiary/aromatic N) is 3. The zero-order valence-corrected chi connectivity index (χ0v) is 30.3. The number of hydroxylamine groups is 3. The van der Waals surface area contributed by atoms with Crippen LogP contribution in [0.5, 0.6) is 0 Å². The summed E-state index contributed by atoms with van der Waals surface area (Å²) in [5.74, 6) is -0.618. The quantitative estimate of drug-likeness (QED) is 0.0858. The van der Waals surface area contributed by atoms with E-state index in [4.69, 9.17) is 9.57 Å². The minimum atomic E-state index is -5.10. The maximum Gasteiger partial charge on any atom is 0.407 e.